The summed E-state index contributed by atoms with van der Waals surface area (Å²) in [4.78, 5) is 2.28. The van der Waals surface area contributed by atoms with Crippen LogP contribution in [0.4, 0.5) is 0 Å². The minimum absolute atomic E-state index is 0.575. The number of hydrogen-bond acceptors (Lipinski definition) is 10. The lowest BCUT2D eigenvalue weighted by Gasteiger charge is -2.22. The van der Waals surface area contributed by atoms with Crippen LogP contribution in [-0.4, -0.2) is 143 Å². The molecule has 0 radical (unpaired) electrons. The zero-order chi connectivity index (χ0) is 24.8. The topological polar surface area (TPSA) is 86.3 Å². The molecule has 34 heavy (non-hydrogen) atoms. The highest BCUT2D eigenvalue weighted by Crippen LogP contribution is 1.93. The summed E-state index contributed by atoms with van der Waals surface area (Å²) >= 11 is 0. The molecule has 0 aliphatic rings. The molecule has 0 saturated carbocycles. The number of nitrogens with zero attached hydrogens (tertiary/aromatic N) is 1. The molecule has 10 heteroatoms. The summed E-state index contributed by atoms with van der Waals surface area (Å²) in [7, 11) is 0. The van der Waals surface area contributed by atoms with Gasteiger partial charge in [0.2, 0.25) is 0 Å². The monoisotopic (exact) mass is 497 g/mol. The van der Waals surface area contributed by atoms with E-state index in [1.807, 2.05) is 20.8 Å². The van der Waals surface area contributed by atoms with Crippen molar-refractivity contribution < 1.29 is 42.6 Å². The molecular formula is C24H51NO9. The second kappa shape index (κ2) is 30.6. The first-order valence-corrected chi connectivity index (χ1v) is 12.8. The number of ether oxygens (including phenoxy) is 9. The Morgan fingerprint density at radius 1 is 0.294 bits per heavy atom. The van der Waals surface area contributed by atoms with Gasteiger partial charge in [0.1, 0.15) is 0 Å². The van der Waals surface area contributed by atoms with Crippen LogP contribution in [0.2, 0.25) is 0 Å². The summed E-state index contributed by atoms with van der Waals surface area (Å²) in [5.41, 5.74) is 0. The molecule has 0 aliphatic carbocycles. The van der Waals surface area contributed by atoms with Crippen LogP contribution in [0.3, 0.4) is 0 Å². The van der Waals surface area contributed by atoms with Gasteiger partial charge in [0, 0.05) is 39.5 Å². The van der Waals surface area contributed by atoms with E-state index in [4.69, 9.17) is 42.6 Å². The first kappa shape index (κ1) is 33.6. The minimum Gasteiger partial charge on any atom is -0.379 e. The summed E-state index contributed by atoms with van der Waals surface area (Å²) in [6, 6.07) is 0. The predicted molar refractivity (Wildman–Crippen MR) is 131 cm³/mol. The van der Waals surface area contributed by atoms with Crippen molar-refractivity contribution in [2.75, 3.05) is 139 Å². The summed E-state index contributed by atoms with van der Waals surface area (Å²) in [6.07, 6.45) is 0. The highest BCUT2D eigenvalue weighted by atomic mass is 16.6. The average Bonchev–Trinajstić information content (AvgIpc) is 2.85. The second-order valence-corrected chi connectivity index (χ2v) is 7.11. The SMILES string of the molecule is CCOCCOCCOCCN(CCOCCOCCOCC)CCOCCOCCOCC. The average molecular weight is 498 g/mol. The summed E-state index contributed by atoms with van der Waals surface area (Å²) in [5, 5.41) is 0. The second-order valence-electron chi connectivity index (χ2n) is 7.11. The molecule has 0 unspecified atom stereocenters. The van der Waals surface area contributed by atoms with Crippen LogP contribution in [0.5, 0.6) is 0 Å². The Bertz CT molecular complexity index is 315. The maximum Gasteiger partial charge on any atom is 0.0701 e. The molecule has 0 atom stereocenters. The molecule has 0 fully saturated rings. The summed E-state index contributed by atoms with van der Waals surface area (Å²) in [6.45, 7) is 19.5. The van der Waals surface area contributed by atoms with Crippen LogP contribution >= 0.6 is 0 Å². The highest BCUT2D eigenvalue weighted by Gasteiger charge is 2.06. The van der Waals surface area contributed by atoms with Gasteiger partial charge in [0.15, 0.2) is 0 Å². The fourth-order valence-corrected chi connectivity index (χ4v) is 2.67. The molecule has 0 amide bonds. The van der Waals surface area contributed by atoms with Gasteiger partial charge in [0.05, 0.1) is 99.1 Å². The maximum absolute atomic E-state index is 5.70. The number of hydrogen-bond donors (Lipinski definition) is 0. The van der Waals surface area contributed by atoms with Gasteiger partial charge in [-0.3, -0.25) is 4.90 Å². The Kier molecular flexibility index (Phi) is 30.3. The quantitative estimate of drug-likeness (QED) is 0.136. The van der Waals surface area contributed by atoms with Crippen molar-refractivity contribution in [2.45, 2.75) is 20.8 Å². The lowest BCUT2D eigenvalue weighted by Crippen LogP contribution is -2.34. The van der Waals surface area contributed by atoms with Crippen molar-refractivity contribution in [1.29, 1.82) is 0 Å². The van der Waals surface area contributed by atoms with E-state index in [0.717, 1.165) is 19.6 Å². The third-order valence-corrected chi connectivity index (χ3v) is 4.50. The molecule has 0 N–H and O–H groups in total. The first-order valence-electron chi connectivity index (χ1n) is 12.8. The van der Waals surface area contributed by atoms with E-state index in [-0.39, 0.29) is 0 Å². The van der Waals surface area contributed by atoms with Gasteiger partial charge in [-0.15, -0.1) is 0 Å². The van der Waals surface area contributed by atoms with E-state index in [2.05, 4.69) is 4.90 Å². The molecule has 0 spiro atoms. The molecule has 0 aromatic heterocycles. The fourth-order valence-electron chi connectivity index (χ4n) is 2.67. The zero-order valence-electron chi connectivity index (χ0n) is 22.0. The van der Waals surface area contributed by atoms with Crippen molar-refractivity contribution in [3.8, 4) is 0 Å². The van der Waals surface area contributed by atoms with Gasteiger partial charge in [-0.25, -0.2) is 0 Å². The molecule has 0 aromatic carbocycles. The Morgan fingerprint density at radius 3 is 0.735 bits per heavy atom. The minimum atomic E-state index is 0.575. The van der Waals surface area contributed by atoms with Gasteiger partial charge in [0.25, 0.3) is 0 Å². The number of rotatable bonds is 30. The standard InChI is InChI=1S/C24H51NO9/c1-4-26-13-16-32-22-19-29-10-7-25(8-11-30-20-23-33-17-14-27-5-2)9-12-31-21-24-34-18-15-28-6-3/h4-24H2,1-3H3. The van der Waals surface area contributed by atoms with Crippen molar-refractivity contribution in [1.82, 2.24) is 4.90 Å². The molecule has 0 aliphatic heterocycles. The van der Waals surface area contributed by atoms with Crippen LogP contribution in [0.1, 0.15) is 20.8 Å². The molecule has 0 heterocycles. The third-order valence-electron chi connectivity index (χ3n) is 4.50. The Balaban J connectivity index is 3.85. The van der Waals surface area contributed by atoms with E-state index in [1.165, 1.54) is 0 Å². The van der Waals surface area contributed by atoms with Crippen LogP contribution < -0.4 is 0 Å². The first-order chi connectivity index (χ1) is 16.8. The smallest absolute Gasteiger partial charge is 0.0701 e. The van der Waals surface area contributed by atoms with Crippen LogP contribution in [0.25, 0.3) is 0 Å². The lowest BCUT2D eigenvalue weighted by atomic mass is 10.4. The van der Waals surface area contributed by atoms with E-state index in [9.17, 15) is 0 Å². The summed E-state index contributed by atoms with van der Waals surface area (Å²) in [5.74, 6) is 0. The Morgan fingerprint density at radius 2 is 0.500 bits per heavy atom. The maximum atomic E-state index is 5.70. The van der Waals surface area contributed by atoms with Gasteiger partial charge >= 0.3 is 0 Å². The van der Waals surface area contributed by atoms with Crippen molar-refractivity contribution in [2.24, 2.45) is 0 Å². The third kappa shape index (κ3) is 27.8. The zero-order valence-corrected chi connectivity index (χ0v) is 22.0. The van der Waals surface area contributed by atoms with Crippen LogP contribution in [0, 0.1) is 0 Å². The molecule has 0 rings (SSSR count). The normalized spacial score (nSPS) is 11.6. The van der Waals surface area contributed by atoms with E-state index < -0.39 is 0 Å². The predicted octanol–water partition coefficient (Wildman–Crippen LogP) is 1.50. The van der Waals surface area contributed by atoms with E-state index >= 15 is 0 Å². The van der Waals surface area contributed by atoms with Crippen LogP contribution in [0.15, 0.2) is 0 Å². The molecule has 10 nitrogen and oxygen atoms in total. The summed E-state index contributed by atoms with van der Waals surface area (Å²) < 4.78 is 49.2. The fraction of sp³-hybridized carbons (Fsp3) is 1.00. The largest absolute Gasteiger partial charge is 0.379 e. The highest BCUT2D eigenvalue weighted by molar-refractivity contribution is 4.57. The Labute approximate surface area is 207 Å². The van der Waals surface area contributed by atoms with Gasteiger partial charge in [-0.1, -0.05) is 0 Å². The van der Waals surface area contributed by atoms with Crippen molar-refractivity contribution in [3.05, 3.63) is 0 Å². The Hall–Kier alpha value is -0.400. The van der Waals surface area contributed by atoms with Gasteiger partial charge in [-0.2, -0.15) is 0 Å². The molecule has 0 saturated heterocycles. The van der Waals surface area contributed by atoms with Gasteiger partial charge in [-0.05, 0) is 20.8 Å². The van der Waals surface area contributed by atoms with E-state index in [0.29, 0.717) is 119 Å². The van der Waals surface area contributed by atoms with Crippen molar-refractivity contribution in [3.63, 3.8) is 0 Å². The molecular weight excluding hydrogens is 446 g/mol. The van der Waals surface area contributed by atoms with E-state index in [1.54, 1.807) is 0 Å². The molecule has 0 bridgehead atoms. The van der Waals surface area contributed by atoms with Crippen molar-refractivity contribution >= 4 is 0 Å². The van der Waals surface area contributed by atoms with Crippen LogP contribution in [-0.2, 0) is 42.6 Å². The lowest BCUT2D eigenvalue weighted by molar-refractivity contribution is -0.00461. The molecule has 0 aromatic rings. The van der Waals surface area contributed by atoms with Gasteiger partial charge < -0.3 is 42.6 Å². The molecule has 206 valence electrons.